The summed E-state index contributed by atoms with van der Waals surface area (Å²) in [5.74, 6) is -1.26. The van der Waals surface area contributed by atoms with Crippen LogP contribution in [0.25, 0.3) is 0 Å². The van der Waals surface area contributed by atoms with Gasteiger partial charge < -0.3 is 16.2 Å². The number of benzene rings is 1. The van der Waals surface area contributed by atoms with Gasteiger partial charge in [-0.15, -0.1) is 0 Å². The van der Waals surface area contributed by atoms with E-state index in [9.17, 15) is 9.59 Å². The zero-order valence-electron chi connectivity index (χ0n) is 9.64. The average Bonchev–Trinajstić information content (AvgIpc) is 2.25. The van der Waals surface area contributed by atoms with Crippen molar-refractivity contribution in [2.45, 2.75) is 13.3 Å². The van der Waals surface area contributed by atoms with Gasteiger partial charge in [0.15, 0.2) is 0 Å². The number of carboxylic acids is 1. The van der Waals surface area contributed by atoms with E-state index in [1.807, 2.05) is 0 Å². The summed E-state index contributed by atoms with van der Waals surface area (Å²) in [5, 5.41) is 11.2. The van der Waals surface area contributed by atoms with Crippen LogP contribution >= 0.6 is 0 Å². The molecule has 1 unspecified atom stereocenters. The number of aliphatic carboxylic acids is 1. The van der Waals surface area contributed by atoms with Gasteiger partial charge in [0, 0.05) is 18.7 Å². The molecule has 1 aromatic carbocycles. The Bertz CT molecular complexity index is 418. The second kappa shape index (κ2) is 5.89. The summed E-state index contributed by atoms with van der Waals surface area (Å²) in [4.78, 5) is 22.2. The molecule has 0 heterocycles. The summed E-state index contributed by atoms with van der Waals surface area (Å²) < 4.78 is 0. The first-order valence-electron chi connectivity index (χ1n) is 5.35. The lowest BCUT2D eigenvalue weighted by molar-refractivity contribution is -0.137. The molecule has 0 radical (unpaired) electrons. The van der Waals surface area contributed by atoms with Crippen LogP contribution in [0.1, 0.15) is 23.7 Å². The normalized spacial score (nSPS) is 11.8. The molecule has 5 heteroatoms. The van der Waals surface area contributed by atoms with E-state index in [0.29, 0.717) is 17.8 Å². The van der Waals surface area contributed by atoms with Crippen molar-refractivity contribution in [3.8, 4) is 0 Å². The van der Waals surface area contributed by atoms with Gasteiger partial charge >= 0.3 is 5.97 Å². The quantitative estimate of drug-likeness (QED) is 0.668. The lowest BCUT2D eigenvalue weighted by Crippen LogP contribution is -2.29. The molecule has 1 aromatic rings. The summed E-state index contributed by atoms with van der Waals surface area (Å²) in [6.45, 7) is 2.09. The van der Waals surface area contributed by atoms with Gasteiger partial charge in [-0.3, -0.25) is 9.59 Å². The van der Waals surface area contributed by atoms with Crippen molar-refractivity contribution in [3.63, 3.8) is 0 Å². The number of carbonyl (C=O) groups excluding carboxylic acids is 1. The number of hydrogen-bond acceptors (Lipinski definition) is 3. The van der Waals surface area contributed by atoms with Crippen LogP contribution < -0.4 is 11.1 Å². The zero-order chi connectivity index (χ0) is 12.8. The first kappa shape index (κ1) is 13.0. The van der Waals surface area contributed by atoms with Crippen LogP contribution in [0.4, 0.5) is 5.69 Å². The van der Waals surface area contributed by atoms with E-state index in [4.69, 9.17) is 10.8 Å². The molecule has 0 saturated heterocycles. The van der Waals surface area contributed by atoms with E-state index < -0.39 is 5.97 Å². The fourth-order valence-electron chi connectivity index (χ4n) is 1.44. The summed E-state index contributed by atoms with van der Waals surface area (Å²) >= 11 is 0. The SMILES string of the molecule is CC(CNC(=O)c1ccccc1N)CC(=O)O. The Labute approximate surface area is 99.6 Å². The molecule has 0 saturated carbocycles. The van der Waals surface area contributed by atoms with Gasteiger partial charge in [0.05, 0.1) is 5.56 Å². The molecule has 0 aliphatic heterocycles. The Balaban J connectivity index is 2.51. The van der Waals surface area contributed by atoms with Crippen LogP contribution in [0.15, 0.2) is 24.3 Å². The van der Waals surface area contributed by atoms with Gasteiger partial charge in [0.25, 0.3) is 5.91 Å². The van der Waals surface area contributed by atoms with Crippen molar-refractivity contribution in [3.05, 3.63) is 29.8 Å². The number of nitrogens with two attached hydrogens (primary N) is 1. The van der Waals surface area contributed by atoms with Gasteiger partial charge in [-0.05, 0) is 18.1 Å². The van der Waals surface area contributed by atoms with Crippen molar-refractivity contribution in [2.75, 3.05) is 12.3 Å². The minimum absolute atomic E-state index is 0.0323. The first-order valence-corrected chi connectivity index (χ1v) is 5.35. The van der Waals surface area contributed by atoms with E-state index in [2.05, 4.69) is 5.32 Å². The standard InChI is InChI=1S/C12H16N2O3/c1-8(6-11(15)16)7-14-12(17)9-4-2-3-5-10(9)13/h2-5,8H,6-7,13H2,1H3,(H,14,17)(H,15,16). The van der Waals surface area contributed by atoms with Gasteiger partial charge in [0.1, 0.15) is 0 Å². The number of nitrogens with one attached hydrogen (secondary N) is 1. The first-order chi connectivity index (χ1) is 8.00. The largest absolute Gasteiger partial charge is 0.481 e. The molecular formula is C12H16N2O3. The van der Waals surface area contributed by atoms with E-state index in [1.54, 1.807) is 31.2 Å². The highest BCUT2D eigenvalue weighted by atomic mass is 16.4. The van der Waals surface area contributed by atoms with Crippen molar-refractivity contribution in [1.29, 1.82) is 0 Å². The zero-order valence-corrected chi connectivity index (χ0v) is 9.64. The lowest BCUT2D eigenvalue weighted by Gasteiger charge is -2.11. The number of hydrogen-bond donors (Lipinski definition) is 3. The third-order valence-electron chi connectivity index (χ3n) is 2.34. The fraction of sp³-hybridized carbons (Fsp3) is 0.333. The molecule has 17 heavy (non-hydrogen) atoms. The molecule has 1 atom stereocenters. The Kier molecular flexibility index (Phi) is 4.51. The van der Waals surface area contributed by atoms with Crippen LogP contribution in [0.5, 0.6) is 0 Å². The fourth-order valence-corrected chi connectivity index (χ4v) is 1.44. The highest BCUT2D eigenvalue weighted by Gasteiger charge is 2.12. The second-order valence-electron chi connectivity index (χ2n) is 4.00. The molecule has 92 valence electrons. The van der Waals surface area contributed by atoms with E-state index >= 15 is 0 Å². The van der Waals surface area contributed by atoms with Crippen LogP contribution in [-0.2, 0) is 4.79 Å². The van der Waals surface area contributed by atoms with Crippen molar-refractivity contribution < 1.29 is 14.7 Å². The molecule has 0 spiro atoms. The van der Waals surface area contributed by atoms with Gasteiger partial charge in [-0.1, -0.05) is 19.1 Å². The maximum atomic E-state index is 11.7. The molecule has 0 fully saturated rings. The number of rotatable bonds is 5. The minimum atomic E-state index is -0.869. The Morgan fingerprint density at radius 2 is 2.06 bits per heavy atom. The second-order valence-corrected chi connectivity index (χ2v) is 4.00. The molecule has 1 rings (SSSR count). The molecule has 5 nitrogen and oxygen atoms in total. The Morgan fingerprint density at radius 1 is 1.41 bits per heavy atom. The summed E-state index contributed by atoms with van der Waals surface area (Å²) in [7, 11) is 0. The van der Waals surface area contributed by atoms with Crippen LogP contribution in [0, 0.1) is 5.92 Å². The molecular weight excluding hydrogens is 220 g/mol. The predicted molar refractivity (Wildman–Crippen MR) is 64.6 cm³/mol. The number of carboxylic acid groups (broad SMARTS) is 1. The van der Waals surface area contributed by atoms with Gasteiger partial charge in [0.2, 0.25) is 0 Å². The Hall–Kier alpha value is -2.04. The molecule has 0 aromatic heterocycles. The predicted octanol–water partition coefficient (Wildman–Crippen LogP) is 1.11. The topological polar surface area (TPSA) is 92.4 Å². The van der Waals surface area contributed by atoms with Gasteiger partial charge in [-0.25, -0.2) is 0 Å². The van der Waals surface area contributed by atoms with Gasteiger partial charge in [-0.2, -0.15) is 0 Å². The Morgan fingerprint density at radius 3 is 2.65 bits per heavy atom. The maximum absolute atomic E-state index is 11.7. The van der Waals surface area contributed by atoms with Crippen molar-refractivity contribution >= 4 is 17.6 Å². The van der Waals surface area contributed by atoms with E-state index in [-0.39, 0.29) is 18.2 Å². The van der Waals surface area contributed by atoms with Crippen molar-refractivity contribution in [2.24, 2.45) is 5.92 Å². The summed E-state index contributed by atoms with van der Waals surface area (Å²) in [6, 6.07) is 6.76. The van der Waals surface area contributed by atoms with Crippen molar-refractivity contribution in [1.82, 2.24) is 5.32 Å². The number of anilines is 1. The van der Waals surface area contributed by atoms with Crippen LogP contribution in [0.3, 0.4) is 0 Å². The maximum Gasteiger partial charge on any atom is 0.303 e. The minimum Gasteiger partial charge on any atom is -0.481 e. The molecule has 4 N–H and O–H groups in total. The summed E-state index contributed by atoms with van der Waals surface area (Å²) in [5.41, 5.74) is 6.48. The number of nitrogen functional groups attached to an aromatic ring is 1. The van der Waals surface area contributed by atoms with Crippen LogP contribution in [0.2, 0.25) is 0 Å². The monoisotopic (exact) mass is 236 g/mol. The third-order valence-corrected chi connectivity index (χ3v) is 2.34. The van der Waals surface area contributed by atoms with Crippen LogP contribution in [-0.4, -0.2) is 23.5 Å². The summed E-state index contributed by atoms with van der Waals surface area (Å²) in [6.07, 6.45) is 0.0323. The number of para-hydroxylation sites is 1. The average molecular weight is 236 g/mol. The van der Waals surface area contributed by atoms with E-state index in [0.717, 1.165) is 0 Å². The molecule has 0 aliphatic rings. The molecule has 1 amide bonds. The number of carbonyl (C=O) groups is 2. The highest BCUT2D eigenvalue weighted by Crippen LogP contribution is 2.10. The lowest BCUT2D eigenvalue weighted by atomic mass is 10.1. The molecule has 0 bridgehead atoms. The third kappa shape index (κ3) is 4.14. The smallest absolute Gasteiger partial charge is 0.303 e. The highest BCUT2D eigenvalue weighted by molar-refractivity contribution is 5.99. The molecule has 0 aliphatic carbocycles. The number of amides is 1. The van der Waals surface area contributed by atoms with E-state index in [1.165, 1.54) is 0 Å².